The summed E-state index contributed by atoms with van der Waals surface area (Å²) in [5.41, 5.74) is 1.15. The van der Waals surface area contributed by atoms with Gasteiger partial charge in [0.2, 0.25) is 0 Å². The highest BCUT2D eigenvalue weighted by Gasteiger charge is 2.09. The van der Waals surface area contributed by atoms with Gasteiger partial charge in [-0.25, -0.2) is 0 Å². The summed E-state index contributed by atoms with van der Waals surface area (Å²) < 4.78 is 7.84. The van der Waals surface area contributed by atoms with Crippen LogP contribution < -0.4 is 0 Å². The van der Waals surface area contributed by atoms with Crippen molar-refractivity contribution in [3.8, 4) is 11.6 Å². The van der Waals surface area contributed by atoms with Crippen molar-refractivity contribution >= 4 is 18.3 Å². The maximum atomic E-state index is 5.36. The molecule has 100 valence electrons. The monoisotopic (exact) mass is 283 g/mol. The van der Waals surface area contributed by atoms with E-state index in [0.29, 0.717) is 22.9 Å². The summed E-state index contributed by atoms with van der Waals surface area (Å²) in [6.45, 7) is 0.639. The molecule has 5 heteroatoms. The summed E-state index contributed by atoms with van der Waals surface area (Å²) in [5, 5.41) is 7.00. The molecule has 3 aromatic rings. The van der Waals surface area contributed by atoms with E-state index >= 15 is 0 Å². The second-order valence-corrected chi connectivity index (χ2v) is 4.64. The molecule has 4 nitrogen and oxygen atoms in total. The molecule has 0 saturated heterocycles. The minimum Gasteiger partial charge on any atom is -0.461 e. The quantitative estimate of drug-likeness (QED) is 0.738. The fourth-order valence-electron chi connectivity index (χ4n) is 1.94. The number of hydrogen-bond acceptors (Lipinski definition) is 3. The minimum atomic E-state index is 0.578. The highest BCUT2D eigenvalue weighted by Crippen LogP contribution is 2.17. The Morgan fingerprint density at radius 3 is 2.80 bits per heavy atom. The molecule has 0 atom stereocenters. The van der Waals surface area contributed by atoms with E-state index in [1.54, 1.807) is 6.26 Å². The number of rotatable bonds is 4. The summed E-state index contributed by atoms with van der Waals surface area (Å²) in [5.74, 6) is 1.41. The van der Waals surface area contributed by atoms with Gasteiger partial charge in [-0.1, -0.05) is 42.5 Å². The molecule has 0 radical (unpaired) electrons. The second-order valence-electron chi connectivity index (χ2n) is 4.25. The van der Waals surface area contributed by atoms with E-state index in [9.17, 15) is 0 Å². The SMILES string of the molecule is S=c1[nH]nc(-c2ccco2)n1C/C=C\c1ccccc1. The van der Waals surface area contributed by atoms with Gasteiger partial charge in [0.15, 0.2) is 16.4 Å². The fourth-order valence-corrected chi connectivity index (χ4v) is 2.15. The van der Waals surface area contributed by atoms with Crippen LogP contribution in [0.25, 0.3) is 17.7 Å². The maximum Gasteiger partial charge on any atom is 0.198 e. The Morgan fingerprint density at radius 1 is 1.20 bits per heavy atom. The third kappa shape index (κ3) is 2.62. The molecular formula is C15H13N3OS. The number of allylic oxidation sites excluding steroid dienone is 1. The van der Waals surface area contributed by atoms with Crippen LogP contribution in [-0.2, 0) is 6.54 Å². The summed E-state index contributed by atoms with van der Waals surface area (Å²) >= 11 is 5.25. The van der Waals surface area contributed by atoms with Crippen molar-refractivity contribution in [3.05, 3.63) is 65.1 Å². The Morgan fingerprint density at radius 2 is 2.05 bits per heavy atom. The third-order valence-electron chi connectivity index (χ3n) is 2.90. The first-order chi connectivity index (χ1) is 9.84. The largest absolute Gasteiger partial charge is 0.461 e. The van der Waals surface area contributed by atoms with E-state index < -0.39 is 0 Å². The van der Waals surface area contributed by atoms with Gasteiger partial charge in [-0.3, -0.25) is 9.67 Å². The first kappa shape index (κ1) is 12.6. The lowest BCUT2D eigenvalue weighted by molar-refractivity contribution is 0.572. The molecule has 0 saturated carbocycles. The highest BCUT2D eigenvalue weighted by molar-refractivity contribution is 7.71. The number of nitrogens with zero attached hydrogens (tertiary/aromatic N) is 2. The van der Waals surface area contributed by atoms with Gasteiger partial charge in [0.1, 0.15) is 0 Å². The van der Waals surface area contributed by atoms with Gasteiger partial charge in [-0.15, -0.1) is 0 Å². The summed E-state index contributed by atoms with van der Waals surface area (Å²) in [4.78, 5) is 0. The van der Waals surface area contributed by atoms with Gasteiger partial charge >= 0.3 is 0 Å². The van der Waals surface area contributed by atoms with Crippen LogP contribution in [0.3, 0.4) is 0 Å². The molecule has 0 spiro atoms. The van der Waals surface area contributed by atoms with Gasteiger partial charge in [-0.2, -0.15) is 5.10 Å². The van der Waals surface area contributed by atoms with E-state index in [0.717, 1.165) is 5.56 Å². The van der Waals surface area contributed by atoms with Crippen molar-refractivity contribution < 1.29 is 4.42 Å². The standard InChI is InChI=1S/C15H13N3OS/c20-15-17-16-14(13-9-5-11-19-13)18(15)10-4-8-12-6-2-1-3-7-12/h1-9,11H,10H2,(H,17,20)/b8-4-. The van der Waals surface area contributed by atoms with E-state index in [4.69, 9.17) is 16.6 Å². The minimum absolute atomic E-state index is 0.578. The van der Waals surface area contributed by atoms with Crippen LogP contribution in [0.15, 0.2) is 59.2 Å². The average Bonchev–Trinajstić information content (AvgIpc) is 3.11. The zero-order valence-electron chi connectivity index (χ0n) is 10.7. The van der Waals surface area contributed by atoms with Gasteiger partial charge in [0.05, 0.1) is 6.26 Å². The Bertz CT molecular complexity index is 754. The molecule has 0 bridgehead atoms. The summed E-state index contributed by atoms with van der Waals surface area (Å²) in [6, 6.07) is 13.8. The van der Waals surface area contributed by atoms with E-state index in [-0.39, 0.29) is 0 Å². The maximum absolute atomic E-state index is 5.36. The molecule has 3 rings (SSSR count). The van der Waals surface area contributed by atoms with E-state index in [1.165, 1.54) is 0 Å². The van der Waals surface area contributed by atoms with Crippen LogP contribution in [0.2, 0.25) is 0 Å². The van der Waals surface area contributed by atoms with Gasteiger partial charge in [0.25, 0.3) is 0 Å². The molecule has 2 heterocycles. The zero-order chi connectivity index (χ0) is 13.8. The summed E-state index contributed by atoms with van der Waals surface area (Å²) in [7, 11) is 0. The molecule has 0 fully saturated rings. The van der Waals surface area contributed by atoms with E-state index in [2.05, 4.69) is 28.4 Å². The van der Waals surface area contributed by atoms with Gasteiger partial charge in [0, 0.05) is 6.54 Å². The number of benzene rings is 1. The van der Waals surface area contributed by atoms with Crippen molar-refractivity contribution in [2.45, 2.75) is 6.54 Å². The molecule has 0 unspecified atom stereocenters. The lowest BCUT2D eigenvalue weighted by Gasteiger charge is -2.00. The van der Waals surface area contributed by atoms with Crippen LogP contribution in [0.4, 0.5) is 0 Å². The van der Waals surface area contributed by atoms with Crippen molar-refractivity contribution in [1.29, 1.82) is 0 Å². The smallest absolute Gasteiger partial charge is 0.198 e. The Hall–Kier alpha value is -2.40. The normalized spacial score (nSPS) is 11.2. The Labute approximate surface area is 121 Å². The van der Waals surface area contributed by atoms with Crippen LogP contribution in [-0.4, -0.2) is 14.8 Å². The van der Waals surface area contributed by atoms with Gasteiger partial charge < -0.3 is 4.42 Å². The number of aromatic nitrogens is 3. The molecule has 0 aliphatic rings. The molecule has 1 N–H and O–H groups in total. The molecule has 2 aromatic heterocycles. The topological polar surface area (TPSA) is 46.8 Å². The molecule has 0 aliphatic carbocycles. The predicted molar refractivity (Wildman–Crippen MR) is 80.6 cm³/mol. The average molecular weight is 283 g/mol. The second kappa shape index (κ2) is 5.71. The molecule has 0 aliphatic heterocycles. The van der Waals surface area contributed by atoms with Crippen LogP contribution in [0.1, 0.15) is 5.56 Å². The lowest BCUT2D eigenvalue weighted by atomic mass is 10.2. The third-order valence-corrected chi connectivity index (χ3v) is 3.21. The Balaban J connectivity index is 1.83. The molecule has 1 aromatic carbocycles. The summed E-state index contributed by atoms with van der Waals surface area (Å²) in [6.07, 6.45) is 5.73. The van der Waals surface area contributed by atoms with Crippen LogP contribution in [0.5, 0.6) is 0 Å². The van der Waals surface area contributed by atoms with Gasteiger partial charge in [-0.05, 0) is 29.9 Å². The fraction of sp³-hybridized carbons (Fsp3) is 0.0667. The lowest BCUT2D eigenvalue weighted by Crippen LogP contribution is -1.98. The Kier molecular flexibility index (Phi) is 3.60. The van der Waals surface area contributed by atoms with Crippen molar-refractivity contribution in [2.75, 3.05) is 0 Å². The van der Waals surface area contributed by atoms with Crippen molar-refractivity contribution in [3.63, 3.8) is 0 Å². The van der Waals surface area contributed by atoms with Crippen LogP contribution >= 0.6 is 12.2 Å². The number of aromatic amines is 1. The first-order valence-corrected chi connectivity index (χ1v) is 6.66. The van der Waals surface area contributed by atoms with Crippen molar-refractivity contribution in [2.24, 2.45) is 0 Å². The number of furan rings is 1. The van der Waals surface area contributed by atoms with Crippen molar-refractivity contribution in [1.82, 2.24) is 14.8 Å². The number of H-pyrrole nitrogens is 1. The molecule has 20 heavy (non-hydrogen) atoms. The first-order valence-electron chi connectivity index (χ1n) is 6.25. The zero-order valence-corrected chi connectivity index (χ0v) is 11.5. The highest BCUT2D eigenvalue weighted by atomic mass is 32.1. The molecule has 0 amide bonds. The molecular weight excluding hydrogens is 270 g/mol. The predicted octanol–water partition coefficient (Wildman–Crippen LogP) is 3.91. The number of nitrogens with one attached hydrogen (secondary N) is 1. The van der Waals surface area contributed by atoms with E-state index in [1.807, 2.05) is 41.0 Å². The van der Waals surface area contributed by atoms with Crippen LogP contribution in [0, 0.1) is 4.77 Å². The number of hydrogen-bond donors (Lipinski definition) is 1.